The summed E-state index contributed by atoms with van der Waals surface area (Å²) in [4.78, 5) is 40.6. The number of aryl methyl sites for hydroxylation is 1. The topological polar surface area (TPSA) is 128 Å². The summed E-state index contributed by atoms with van der Waals surface area (Å²) >= 11 is 0. The summed E-state index contributed by atoms with van der Waals surface area (Å²) in [5.74, 6) is -1.28. The van der Waals surface area contributed by atoms with Crippen molar-refractivity contribution in [3.05, 3.63) is 71.8 Å². The third kappa shape index (κ3) is 7.93. The van der Waals surface area contributed by atoms with Crippen molar-refractivity contribution in [2.24, 2.45) is 0 Å². The Balaban J connectivity index is 2.48. The summed E-state index contributed by atoms with van der Waals surface area (Å²) in [5, 5.41) is 24.9. The molecule has 0 fully saturated rings. The predicted octanol–water partition coefficient (Wildman–Crippen LogP) is 3.02. The van der Waals surface area contributed by atoms with Crippen molar-refractivity contribution in [2.45, 2.75) is 45.4 Å². The van der Waals surface area contributed by atoms with Gasteiger partial charge >= 0.3 is 6.09 Å². The van der Waals surface area contributed by atoms with Crippen molar-refractivity contribution < 1.29 is 29.3 Å². The van der Waals surface area contributed by atoms with Crippen LogP contribution in [0.15, 0.2) is 55.1 Å². The molecular formula is C27H35N3O6. The fourth-order valence-electron chi connectivity index (χ4n) is 3.55. The number of hydrogen-bond donors (Lipinski definition) is 4. The molecule has 4 N–H and O–H groups in total. The van der Waals surface area contributed by atoms with Crippen LogP contribution in [0.4, 0.5) is 10.5 Å². The maximum Gasteiger partial charge on any atom is 0.408 e. The number of anilines is 1. The summed E-state index contributed by atoms with van der Waals surface area (Å²) in [7, 11) is 0. The van der Waals surface area contributed by atoms with Crippen LogP contribution in [0.5, 0.6) is 0 Å². The fourth-order valence-corrected chi connectivity index (χ4v) is 3.55. The first-order chi connectivity index (χ1) is 17.0. The Labute approximate surface area is 211 Å². The van der Waals surface area contributed by atoms with Gasteiger partial charge in [-0.15, -0.1) is 0 Å². The standard InChI is InChI=1S/C27H35N3O6/c1-6-19-11-9-12-20(16-19)23(24(33)28-21-13-8-7-10-18(21)2)30(14-15-31)25(34)22(17-32)29-26(35)36-27(3,4)5/h6-13,16,22-23,31-32H,1,14-15,17H2,2-5H3,(H,28,33)(H,29,35). The third-order valence-corrected chi connectivity index (χ3v) is 5.22. The number of nitrogens with zero attached hydrogens (tertiary/aromatic N) is 1. The Bertz CT molecular complexity index is 1080. The van der Waals surface area contributed by atoms with Crippen molar-refractivity contribution in [2.75, 3.05) is 25.1 Å². The van der Waals surface area contributed by atoms with E-state index in [1.165, 1.54) is 0 Å². The number of aliphatic hydroxyl groups excluding tert-OH is 2. The number of aliphatic hydroxyl groups is 2. The Morgan fingerprint density at radius 3 is 2.39 bits per heavy atom. The average Bonchev–Trinajstić information content (AvgIpc) is 2.82. The minimum absolute atomic E-state index is 0.227. The van der Waals surface area contributed by atoms with Gasteiger partial charge in [0.25, 0.3) is 5.91 Å². The second-order valence-corrected chi connectivity index (χ2v) is 9.22. The number of nitrogens with one attached hydrogen (secondary N) is 2. The first kappa shape index (κ1) is 28.5. The van der Waals surface area contributed by atoms with E-state index < -0.39 is 48.8 Å². The molecule has 0 aromatic heterocycles. The normalized spacial score (nSPS) is 12.7. The molecule has 2 rings (SSSR count). The van der Waals surface area contributed by atoms with Crippen LogP contribution in [0, 0.1) is 6.92 Å². The molecule has 0 aliphatic rings. The lowest BCUT2D eigenvalue weighted by Crippen LogP contribution is -2.54. The lowest BCUT2D eigenvalue weighted by atomic mass is 10.00. The molecule has 0 saturated carbocycles. The van der Waals surface area contributed by atoms with Crippen molar-refractivity contribution in [1.82, 2.24) is 10.2 Å². The Kier molecular flexibility index (Phi) is 10.2. The molecule has 36 heavy (non-hydrogen) atoms. The van der Waals surface area contributed by atoms with Gasteiger partial charge in [0.15, 0.2) is 0 Å². The highest BCUT2D eigenvalue weighted by Crippen LogP contribution is 2.26. The molecule has 0 heterocycles. The van der Waals surface area contributed by atoms with E-state index in [1.54, 1.807) is 63.2 Å². The van der Waals surface area contributed by atoms with E-state index in [2.05, 4.69) is 17.2 Å². The average molecular weight is 498 g/mol. The van der Waals surface area contributed by atoms with Crippen molar-refractivity contribution >= 4 is 29.7 Å². The van der Waals surface area contributed by atoms with E-state index in [1.807, 2.05) is 19.1 Å². The molecule has 2 aromatic carbocycles. The van der Waals surface area contributed by atoms with E-state index in [0.29, 0.717) is 11.3 Å². The van der Waals surface area contributed by atoms with Crippen LogP contribution in [0.1, 0.15) is 43.5 Å². The van der Waals surface area contributed by atoms with Crippen LogP contribution < -0.4 is 10.6 Å². The quantitative estimate of drug-likeness (QED) is 0.400. The van der Waals surface area contributed by atoms with Gasteiger partial charge in [-0.1, -0.05) is 49.1 Å². The highest BCUT2D eigenvalue weighted by Gasteiger charge is 2.36. The van der Waals surface area contributed by atoms with Crippen molar-refractivity contribution in [1.29, 1.82) is 0 Å². The van der Waals surface area contributed by atoms with Crippen LogP contribution in [0.2, 0.25) is 0 Å². The number of carbonyl (C=O) groups is 3. The number of amides is 3. The number of hydrogen-bond acceptors (Lipinski definition) is 6. The molecule has 2 aromatic rings. The van der Waals surface area contributed by atoms with Gasteiger partial charge < -0.3 is 30.5 Å². The molecule has 0 bridgehead atoms. The summed E-state index contributed by atoms with van der Waals surface area (Å²) in [6.07, 6.45) is 0.715. The number of carbonyl (C=O) groups excluding carboxylic acids is 3. The van der Waals surface area contributed by atoms with Gasteiger partial charge in [-0.2, -0.15) is 0 Å². The molecule has 0 saturated heterocycles. The van der Waals surface area contributed by atoms with E-state index in [-0.39, 0.29) is 6.54 Å². The largest absolute Gasteiger partial charge is 0.444 e. The molecular weight excluding hydrogens is 462 g/mol. The van der Waals surface area contributed by atoms with Crippen molar-refractivity contribution in [3.63, 3.8) is 0 Å². The highest BCUT2D eigenvalue weighted by atomic mass is 16.6. The monoisotopic (exact) mass is 497 g/mol. The first-order valence-corrected chi connectivity index (χ1v) is 11.6. The Morgan fingerprint density at radius 2 is 1.81 bits per heavy atom. The maximum absolute atomic E-state index is 13.6. The molecule has 9 nitrogen and oxygen atoms in total. The summed E-state index contributed by atoms with van der Waals surface area (Å²) in [6.45, 7) is 9.18. The van der Waals surface area contributed by atoms with Gasteiger partial charge in [0.2, 0.25) is 5.91 Å². The van der Waals surface area contributed by atoms with E-state index >= 15 is 0 Å². The van der Waals surface area contributed by atoms with Crippen LogP contribution in [0.25, 0.3) is 6.08 Å². The number of benzene rings is 2. The van der Waals surface area contributed by atoms with Crippen LogP contribution in [-0.2, 0) is 14.3 Å². The molecule has 0 radical (unpaired) electrons. The number of ether oxygens (including phenoxy) is 1. The molecule has 2 unspecified atom stereocenters. The predicted molar refractivity (Wildman–Crippen MR) is 138 cm³/mol. The van der Waals surface area contributed by atoms with Gasteiger partial charge in [-0.05, 0) is 56.5 Å². The molecule has 194 valence electrons. The first-order valence-electron chi connectivity index (χ1n) is 11.6. The summed E-state index contributed by atoms with van der Waals surface area (Å²) in [5.41, 5.74) is 1.76. The van der Waals surface area contributed by atoms with Crippen LogP contribution in [0.3, 0.4) is 0 Å². The maximum atomic E-state index is 13.6. The molecule has 0 spiro atoms. The van der Waals surface area contributed by atoms with Gasteiger partial charge in [0, 0.05) is 12.2 Å². The lowest BCUT2D eigenvalue weighted by molar-refractivity contribution is -0.142. The van der Waals surface area contributed by atoms with Crippen LogP contribution in [-0.4, -0.2) is 64.4 Å². The van der Waals surface area contributed by atoms with Crippen LogP contribution >= 0.6 is 0 Å². The van der Waals surface area contributed by atoms with E-state index in [9.17, 15) is 24.6 Å². The van der Waals surface area contributed by atoms with E-state index in [4.69, 9.17) is 4.74 Å². The minimum atomic E-state index is -1.40. The number of alkyl carbamates (subject to hydrolysis) is 1. The van der Waals surface area contributed by atoms with Gasteiger partial charge in [-0.25, -0.2) is 4.79 Å². The van der Waals surface area contributed by atoms with Gasteiger partial charge in [-0.3, -0.25) is 9.59 Å². The summed E-state index contributed by atoms with van der Waals surface area (Å²) in [6, 6.07) is 11.5. The van der Waals surface area contributed by atoms with Crippen molar-refractivity contribution in [3.8, 4) is 0 Å². The minimum Gasteiger partial charge on any atom is -0.444 e. The summed E-state index contributed by atoms with van der Waals surface area (Å²) < 4.78 is 5.20. The van der Waals surface area contributed by atoms with Gasteiger partial charge in [0.05, 0.1) is 13.2 Å². The van der Waals surface area contributed by atoms with E-state index in [0.717, 1.165) is 16.0 Å². The number of rotatable bonds is 10. The molecule has 0 aliphatic heterocycles. The SMILES string of the molecule is C=Cc1cccc(C(C(=O)Nc2ccccc2C)N(CCO)C(=O)C(CO)NC(=O)OC(C)(C)C)c1. The second kappa shape index (κ2) is 12.9. The molecule has 3 amide bonds. The molecule has 2 atom stereocenters. The zero-order chi connectivity index (χ0) is 26.9. The third-order valence-electron chi connectivity index (χ3n) is 5.22. The Morgan fingerprint density at radius 1 is 1.11 bits per heavy atom. The molecule has 9 heteroatoms. The smallest absolute Gasteiger partial charge is 0.408 e. The Hall–Kier alpha value is -3.69. The lowest BCUT2D eigenvalue weighted by Gasteiger charge is -2.34. The zero-order valence-corrected chi connectivity index (χ0v) is 21.2. The second-order valence-electron chi connectivity index (χ2n) is 9.22. The highest BCUT2D eigenvalue weighted by molar-refractivity contribution is 5.99. The van der Waals surface area contributed by atoms with Gasteiger partial charge in [0.1, 0.15) is 17.7 Å². The zero-order valence-electron chi connectivity index (χ0n) is 21.2. The number of para-hydroxylation sites is 1. The molecule has 0 aliphatic carbocycles. The fraction of sp³-hybridized carbons (Fsp3) is 0.370.